The number of aliphatic hydroxyl groups is 1. The van der Waals surface area contributed by atoms with Gasteiger partial charge in [-0.2, -0.15) is 0 Å². The number of hydrogen-bond donors (Lipinski definition) is 2. The fourth-order valence-corrected chi connectivity index (χ4v) is 5.09. The quantitative estimate of drug-likeness (QED) is 0.480. The number of rotatable bonds is 10. The van der Waals surface area contributed by atoms with E-state index in [-0.39, 0.29) is 36.5 Å². The molecule has 9 nitrogen and oxygen atoms in total. The number of carbonyl (C=O) groups excluding carboxylic acids is 2. The first kappa shape index (κ1) is 29.0. The summed E-state index contributed by atoms with van der Waals surface area (Å²) in [5, 5.41) is 12.9. The molecule has 0 saturated carbocycles. The first-order valence-corrected chi connectivity index (χ1v) is 13.9. The van der Waals surface area contributed by atoms with E-state index in [4.69, 9.17) is 9.47 Å². The lowest BCUT2D eigenvalue weighted by atomic mass is 9.99. The SMILES string of the molecule is C[C@H]1CN([C@@H](C)CO)C(=O)c2cc(NC(=O)CCN3CCOCC3)ccc2O[C@@H]1CN(C)Cc1ccccc1. The van der Waals surface area contributed by atoms with E-state index in [1.165, 1.54) is 5.56 Å². The van der Waals surface area contributed by atoms with Crippen LogP contribution in [0.5, 0.6) is 5.75 Å². The molecule has 2 N–H and O–H groups in total. The van der Waals surface area contributed by atoms with Crippen molar-refractivity contribution < 1.29 is 24.2 Å². The molecule has 2 aliphatic heterocycles. The number of morpholine rings is 1. The second kappa shape index (κ2) is 13.9. The van der Waals surface area contributed by atoms with Crippen LogP contribution in [-0.2, 0) is 16.1 Å². The van der Waals surface area contributed by atoms with Gasteiger partial charge in [0.15, 0.2) is 0 Å². The molecule has 1 saturated heterocycles. The number of hydrogen-bond acceptors (Lipinski definition) is 7. The first-order valence-electron chi connectivity index (χ1n) is 13.9. The van der Waals surface area contributed by atoms with E-state index in [9.17, 15) is 14.7 Å². The third-order valence-corrected chi connectivity index (χ3v) is 7.49. The Kier molecular flexibility index (Phi) is 10.3. The molecule has 2 aromatic rings. The highest BCUT2D eigenvalue weighted by atomic mass is 16.5. The normalized spacial score (nSPS) is 21.1. The van der Waals surface area contributed by atoms with Crippen molar-refractivity contribution in [2.45, 2.75) is 39.0 Å². The number of benzene rings is 2. The zero-order valence-electron chi connectivity index (χ0n) is 23.3. The molecule has 1 fully saturated rings. The van der Waals surface area contributed by atoms with Crippen molar-refractivity contribution in [3.05, 3.63) is 59.7 Å². The van der Waals surface area contributed by atoms with E-state index in [0.717, 1.165) is 19.6 Å². The van der Waals surface area contributed by atoms with Crippen molar-refractivity contribution in [2.75, 3.05) is 64.9 Å². The number of nitrogens with one attached hydrogen (secondary N) is 1. The van der Waals surface area contributed by atoms with Crippen LogP contribution in [0, 0.1) is 5.92 Å². The molecule has 0 unspecified atom stereocenters. The van der Waals surface area contributed by atoms with E-state index in [0.29, 0.717) is 56.3 Å². The van der Waals surface area contributed by atoms with Crippen molar-refractivity contribution in [1.29, 1.82) is 0 Å². The van der Waals surface area contributed by atoms with Gasteiger partial charge in [-0.15, -0.1) is 0 Å². The number of nitrogens with zero attached hydrogens (tertiary/aromatic N) is 3. The summed E-state index contributed by atoms with van der Waals surface area (Å²) in [5.41, 5.74) is 2.17. The molecule has 3 atom stereocenters. The summed E-state index contributed by atoms with van der Waals surface area (Å²) in [7, 11) is 2.07. The maximum absolute atomic E-state index is 13.7. The summed E-state index contributed by atoms with van der Waals surface area (Å²) in [6.07, 6.45) is 0.190. The summed E-state index contributed by atoms with van der Waals surface area (Å²) in [6, 6.07) is 15.2. The van der Waals surface area contributed by atoms with Crippen LogP contribution >= 0.6 is 0 Å². The zero-order valence-corrected chi connectivity index (χ0v) is 23.3. The van der Waals surface area contributed by atoms with Gasteiger partial charge in [0.05, 0.1) is 31.4 Å². The minimum Gasteiger partial charge on any atom is -0.488 e. The second-order valence-electron chi connectivity index (χ2n) is 10.8. The van der Waals surface area contributed by atoms with Gasteiger partial charge in [0.1, 0.15) is 11.9 Å². The molecule has 2 aromatic carbocycles. The monoisotopic (exact) mass is 538 g/mol. The summed E-state index contributed by atoms with van der Waals surface area (Å²) in [5.74, 6) is 0.217. The van der Waals surface area contributed by atoms with Crippen LogP contribution < -0.4 is 10.1 Å². The van der Waals surface area contributed by atoms with Gasteiger partial charge in [-0.1, -0.05) is 37.3 Å². The number of carbonyl (C=O) groups is 2. The van der Waals surface area contributed by atoms with Gasteiger partial charge in [0, 0.05) is 57.3 Å². The number of likely N-dealkylation sites (N-methyl/N-ethyl adjacent to an activating group) is 1. The lowest BCUT2D eigenvalue weighted by Crippen LogP contribution is -2.49. The van der Waals surface area contributed by atoms with Gasteiger partial charge in [0.2, 0.25) is 5.91 Å². The fourth-order valence-electron chi connectivity index (χ4n) is 5.09. The Bertz CT molecular complexity index is 1090. The first-order chi connectivity index (χ1) is 18.8. The Morgan fingerprint density at radius 3 is 2.64 bits per heavy atom. The van der Waals surface area contributed by atoms with Crippen molar-refractivity contribution in [3.63, 3.8) is 0 Å². The molecule has 2 heterocycles. The molecular weight excluding hydrogens is 496 g/mol. The van der Waals surface area contributed by atoms with Gasteiger partial charge < -0.3 is 24.8 Å². The third kappa shape index (κ3) is 8.02. The topological polar surface area (TPSA) is 94.6 Å². The molecule has 39 heavy (non-hydrogen) atoms. The highest BCUT2D eigenvalue weighted by molar-refractivity contribution is 5.99. The Balaban J connectivity index is 1.50. The fraction of sp³-hybridized carbons (Fsp3) is 0.533. The largest absolute Gasteiger partial charge is 0.488 e. The Hall–Kier alpha value is -2.98. The molecule has 0 aromatic heterocycles. The van der Waals surface area contributed by atoms with Crippen LogP contribution in [0.4, 0.5) is 5.69 Å². The van der Waals surface area contributed by atoms with Crippen LogP contribution in [0.2, 0.25) is 0 Å². The molecule has 0 spiro atoms. The molecule has 0 aliphatic carbocycles. The number of amides is 2. The summed E-state index contributed by atoms with van der Waals surface area (Å²) in [4.78, 5) is 32.5. The van der Waals surface area contributed by atoms with Crippen LogP contribution in [0.1, 0.15) is 36.2 Å². The van der Waals surface area contributed by atoms with Crippen LogP contribution in [-0.4, -0.2) is 103 Å². The smallest absolute Gasteiger partial charge is 0.258 e. The van der Waals surface area contributed by atoms with Crippen molar-refractivity contribution >= 4 is 17.5 Å². The standard InChI is InChI=1S/C30H42N4O5/c1-22-18-34(23(2)21-35)30(37)26-17-25(31-29(36)11-12-33-13-15-38-16-14-33)9-10-27(26)39-28(22)20-32(3)19-24-7-5-4-6-8-24/h4-10,17,22-23,28,35H,11-16,18-21H2,1-3H3,(H,31,36)/t22-,23-,28+/m0/s1. The summed E-state index contributed by atoms with van der Waals surface area (Å²) >= 11 is 0. The molecule has 4 rings (SSSR count). The Morgan fingerprint density at radius 1 is 1.18 bits per heavy atom. The van der Waals surface area contributed by atoms with E-state index in [1.54, 1.807) is 23.1 Å². The minimum absolute atomic E-state index is 0.0360. The Morgan fingerprint density at radius 2 is 1.92 bits per heavy atom. The maximum atomic E-state index is 13.7. The van der Waals surface area contributed by atoms with Gasteiger partial charge in [-0.25, -0.2) is 0 Å². The van der Waals surface area contributed by atoms with Gasteiger partial charge in [-0.3, -0.25) is 19.4 Å². The van der Waals surface area contributed by atoms with Crippen molar-refractivity contribution in [3.8, 4) is 5.75 Å². The summed E-state index contributed by atoms with van der Waals surface area (Å²) < 4.78 is 11.9. The highest BCUT2D eigenvalue weighted by Crippen LogP contribution is 2.31. The maximum Gasteiger partial charge on any atom is 0.258 e. The zero-order chi connectivity index (χ0) is 27.8. The highest BCUT2D eigenvalue weighted by Gasteiger charge is 2.33. The third-order valence-electron chi connectivity index (χ3n) is 7.49. The predicted octanol–water partition coefficient (Wildman–Crippen LogP) is 2.70. The van der Waals surface area contributed by atoms with E-state index >= 15 is 0 Å². The average molecular weight is 539 g/mol. The van der Waals surface area contributed by atoms with Crippen LogP contribution in [0.25, 0.3) is 0 Å². The second-order valence-corrected chi connectivity index (χ2v) is 10.8. The molecule has 0 bridgehead atoms. The molecule has 9 heteroatoms. The van der Waals surface area contributed by atoms with E-state index in [1.807, 2.05) is 25.1 Å². The van der Waals surface area contributed by atoms with Crippen LogP contribution in [0.3, 0.4) is 0 Å². The van der Waals surface area contributed by atoms with E-state index < -0.39 is 0 Å². The predicted molar refractivity (Wildman–Crippen MR) is 151 cm³/mol. The number of anilines is 1. The van der Waals surface area contributed by atoms with Gasteiger partial charge in [-0.05, 0) is 37.7 Å². The molecule has 0 radical (unpaired) electrons. The van der Waals surface area contributed by atoms with Crippen molar-refractivity contribution in [1.82, 2.24) is 14.7 Å². The van der Waals surface area contributed by atoms with Gasteiger partial charge >= 0.3 is 0 Å². The molecule has 2 aliphatic rings. The number of aliphatic hydroxyl groups excluding tert-OH is 1. The van der Waals surface area contributed by atoms with Crippen LogP contribution in [0.15, 0.2) is 48.5 Å². The molecule has 212 valence electrons. The van der Waals surface area contributed by atoms with Gasteiger partial charge in [0.25, 0.3) is 5.91 Å². The minimum atomic E-state index is -0.347. The Labute approximate surface area is 231 Å². The van der Waals surface area contributed by atoms with Crippen molar-refractivity contribution in [2.24, 2.45) is 5.92 Å². The number of fused-ring (bicyclic) bond motifs is 1. The van der Waals surface area contributed by atoms with E-state index in [2.05, 4.69) is 41.2 Å². The summed E-state index contributed by atoms with van der Waals surface area (Å²) in [6.45, 7) is 9.42. The molecular formula is C30H42N4O5. The average Bonchev–Trinajstić information content (AvgIpc) is 2.94. The lowest BCUT2D eigenvalue weighted by Gasteiger charge is -2.38. The molecule has 2 amide bonds. The number of ether oxygens (including phenoxy) is 2. The lowest BCUT2D eigenvalue weighted by molar-refractivity contribution is -0.116.